The number of oxazole rings is 1. The van der Waals surface area contributed by atoms with Crippen molar-refractivity contribution in [1.82, 2.24) is 4.98 Å². The Morgan fingerprint density at radius 3 is 2.45 bits per heavy atom. The molecule has 0 unspecified atom stereocenters. The number of carbonyl (C=O) groups excluding carboxylic acids is 1. The van der Waals surface area contributed by atoms with E-state index in [1.54, 1.807) is 48.5 Å². The van der Waals surface area contributed by atoms with E-state index in [1.165, 1.54) is 26.4 Å². The second-order valence-electron chi connectivity index (χ2n) is 6.27. The summed E-state index contributed by atoms with van der Waals surface area (Å²) in [6.07, 6.45) is 0. The maximum Gasteiger partial charge on any atom is 0.255 e. The van der Waals surface area contributed by atoms with Crippen LogP contribution >= 0.6 is 0 Å². The molecule has 29 heavy (non-hydrogen) atoms. The van der Waals surface area contributed by atoms with E-state index in [2.05, 4.69) is 10.3 Å². The Labute approximate surface area is 165 Å². The molecule has 1 amide bonds. The molecule has 0 atom stereocenters. The quantitative estimate of drug-likeness (QED) is 0.523. The summed E-state index contributed by atoms with van der Waals surface area (Å²) in [5.74, 6) is 0.643. The summed E-state index contributed by atoms with van der Waals surface area (Å²) in [5.41, 5.74) is 2.55. The second-order valence-corrected chi connectivity index (χ2v) is 6.27. The third-order valence-corrected chi connectivity index (χ3v) is 4.33. The highest BCUT2D eigenvalue weighted by molar-refractivity contribution is 6.05. The first-order chi connectivity index (χ1) is 14.1. The molecule has 0 radical (unpaired) electrons. The van der Waals surface area contributed by atoms with E-state index in [0.29, 0.717) is 45.3 Å². The number of fused-ring (bicyclic) bond motifs is 1. The predicted octanol–water partition coefficient (Wildman–Crippen LogP) is 4.90. The molecule has 1 N–H and O–H groups in total. The van der Waals surface area contributed by atoms with Crippen molar-refractivity contribution in [3.8, 4) is 23.0 Å². The number of benzene rings is 3. The summed E-state index contributed by atoms with van der Waals surface area (Å²) in [6, 6.07) is 16.0. The molecule has 1 heterocycles. The van der Waals surface area contributed by atoms with Gasteiger partial charge in [-0.15, -0.1) is 0 Å². The Morgan fingerprint density at radius 2 is 1.76 bits per heavy atom. The minimum absolute atomic E-state index is 0.306. The lowest BCUT2D eigenvalue weighted by Crippen LogP contribution is -2.12. The number of ether oxygens (including phenoxy) is 2. The van der Waals surface area contributed by atoms with Crippen LogP contribution in [-0.4, -0.2) is 25.1 Å². The topological polar surface area (TPSA) is 73.6 Å². The molecule has 0 aliphatic heterocycles. The average molecular weight is 392 g/mol. The van der Waals surface area contributed by atoms with Crippen molar-refractivity contribution in [2.75, 3.05) is 19.5 Å². The molecule has 0 aliphatic carbocycles. The van der Waals surface area contributed by atoms with E-state index in [9.17, 15) is 9.18 Å². The first-order valence-electron chi connectivity index (χ1n) is 8.76. The third-order valence-electron chi connectivity index (χ3n) is 4.33. The van der Waals surface area contributed by atoms with Gasteiger partial charge in [-0.3, -0.25) is 4.79 Å². The molecule has 7 heteroatoms. The van der Waals surface area contributed by atoms with E-state index in [0.717, 1.165) is 0 Å². The van der Waals surface area contributed by atoms with Crippen LogP contribution in [0.1, 0.15) is 10.4 Å². The van der Waals surface area contributed by atoms with Crippen LogP contribution in [0.25, 0.3) is 22.6 Å². The highest BCUT2D eigenvalue weighted by atomic mass is 19.1. The Hall–Kier alpha value is -3.87. The van der Waals surface area contributed by atoms with E-state index >= 15 is 0 Å². The molecular weight excluding hydrogens is 375 g/mol. The van der Waals surface area contributed by atoms with Gasteiger partial charge < -0.3 is 19.2 Å². The standard InChI is InChI=1S/C22H17FN2O4/c1-27-17-9-14(10-18(12-17)28-2)21(26)24-16-6-7-20-19(11-16)25-22(29-20)13-4-3-5-15(23)8-13/h3-12H,1-2H3,(H,24,26). The number of hydrogen-bond donors (Lipinski definition) is 1. The Morgan fingerprint density at radius 1 is 1.00 bits per heavy atom. The Kier molecular flexibility index (Phi) is 4.87. The number of aromatic nitrogens is 1. The molecule has 0 bridgehead atoms. The highest BCUT2D eigenvalue weighted by Crippen LogP contribution is 2.27. The molecule has 0 spiro atoms. The van der Waals surface area contributed by atoms with Crippen LogP contribution in [0.3, 0.4) is 0 Å². The van der Waals surface area contributed by atoms with Crippen LogP contribution in [-0.2, 0) is 0 Å². The van der Waals surface area contributed by atoms with Gasteiger partial charge in [-0.1, -0.05) is 6.07 Å². The van der Waals surface area contributed by atoms with E-state index < -0.39 is 0 Å². The summed E-state index contributed by atoms with van der Waals surface area (Å²) in [7, 11) is 3.04. The van der Waals surface area contributed by atoms with E-state index in [4.69, 9.17) is 13.9 Å². The Balaban J connectivity index is 1.61. The molecular formula is C22H17FN2O4. The number of anilines is 1. The number of methoxy groups -OCH3 is 2. The van der Waals surface area contributed by atoms with Crippen molar-refractivity contribution in [2.45, 2.75) is 0 Å². The van der Waals surface area contributed by atoms with Gasteiger partial charge in [0.05, 0.1) is 14.2 Å². The Bertz CT molecular complexity index is 1180. The summed E-state index contributed by atoms with van der Waals surface area (Å²) < 4.78 is 29.5. The zero-order valence-electron chi connectivity index (χ0n) is 15.7. The highest BCUT2D eigenvalue weighted by Gasteiger charge is 2.13. The molecule has 146 valence electrons. The van der Waals surface area contributed by atoms with Gasteiger partial charge in [-0.2, -0.15) is 0 Å². The van der Waals surface area contributed by atoms with Crippen LogP contribution in [0.5, 0.6) is 11.5 Å². The van der Waals surface area contributed by atoms with E-state index in [-0.39, 0.29) is 11.7 Å². The minimum atomic E-state index is -0.369. The van der Waals surface area contributed by atoms with Gasteiger partial charge in [0.1, 0.15) is 22.8 Å². The first-order valence-corrected chi connectivity index (χ1v) is 8.76. The average Bonchev–Trinajstić information content (AvgIpc) is 3.16. The van der Waals surface area contributed by atoms with Crippen LogP contribution < -0.4 is 14.8 Å². The normalized spacial score (nSPS) is 10.7. The minimum Gasteiger partial charge on any atom is -0.497 e. The molecule has 0 saturated carbocycles. The third kappa shape index (κ3) is 3.89. The van der Waals surface area contributed by atoms with Crippen molar-refractivity contribution in [2.24, 2.45) is 0 Å². The number of amides is 1. The van der Waals surface area contributed by atoms with Gasteiger partial charge in [0.2, 0.25) is 5.89 Å². The van der Waals surface area contributed by atoms with Gasteiger partial charge in [0.15, 0.2) is 5.58 Å². The maximum atomic E-state index is 13.5. The number of rotatable bonds is 5. The van der Waals surface area contributed by atoms with Crippen molar-refractivity contribution in [3.05, 3.63) is 72.0 Å². The van der Waals surface area contributed by atoms with Crippen molar-refractivity contribution in [1.29, 1.82) is 0 Å². The summed E-state index contributed by atoms with van der Waals surface area (Å²) in [6.45, 7) is 0. The van der Waals surface area contributed by atoms with Gasteiger partial charge in [-0.25, -0.2) is 9.37 Å². The van der Waals surface area contributed by atoms with Gasteiger partial charge in [-0.05, 0) is 48.5 Å². The summed E-state index contributed by atoms with van der Waals surface area (Å²) in [4.78, 5) is 17.0. The van der Waals surface area contributed by atoms with Crippen LogP contribution in [0, 0.1) is 5.82 Å². The van der Waals surface area contributed by atoms with Crippen molar-refractivity contribution < 1.29 is 23.1 Å². The molecule has 0 fully saturated rings. The van der Waals surface area contributed by atoms with Crippen LogP contribution in [0.4, 0.5) is 10.1 Å². The second kappa shape index (κ2) is 7.63. The predicted molar refractivity (Wildman–Crippen MR) is 107 cm³/mol. The number of nitrogens with one attached hydrogen (secondary N) is 1. The summed E-state index contributed by atoms with van der Waals surface area (Å²) in [5, 5.41) is 2.82. The number of nitrogens with zero attached hydrogens (tertiary/aromatic N) is 1. The van der Waals surface area contributed by atoms with Crippen molar-refractivity contribution >= 4 is 22.7 Å². The zero-order valence-corrected chi connectivity index (χ0v) is 15.7. The lowest BCUT2D eigenvalue weighted by molar-refractivity contribution is 0.102. The number of hydrogen-bond acceptors (Lipinski definition) is 5. The fourth-order valence-electron chi connectivity index (χ4n) is 2.89. The molecule has 1 aromatic heterocycles. The smallest absolute Gasteiger partial charge is 0.255 e. The first kappa shape index (κ1) is 18.5. The largest absolute Gasteiger partial charge is 0.497 e. The van der Waals surface area contributed by atoms with Crippen molar-refractivity contribution in [3.63, 3.8) is 0 Å². The fraction of sp³-hybridized carbons (Fsp3) is 0.0909. The maximum absolute atomic E-state index is 13.5. The van der Waals surface area contributed by atoms with Gasteiger partial charge in [0, 0.05) is 22.9 Å². The van der Waals surface area contributed by atoms with Gasteiger partial charge >= 0.3 is 0 Å². The molecule has 4 aromatic rings. The SMILES string of the molecule is COc1cc(OC)cc(C(=O)Nc2ccc3oc(-c4cccc(F)c4)nc3c2)c1. The molecule has 0 saturated heterocycles. The summed E-state index contributed by atoms with van der Waals surface area (Å²) >= 11 is 0. The number of carbonyl (C=O) groups is 1. The molecule has 0 aliphatic rings. The lowest BCUT2D eigenvalue weighted by Gasteiger charge is -2.09. The molecule has 6 nitrogen and oxygen atoms in total. The molecule has 4 rings (SSSR count). The molecule has 3 aromatic carbocycles. The lowest BCUT2D eigenvalue weighted by atomic mass is 10.1. The van der Waals surface area contributed by atoms with Crippen LogP contribution in [0.2, 0.25) is 0 Å². The number of halogens is 1. The fourth-order valence-corrected chi connectivity index (χ4v) is 2.89. The van der Waals surface area contributed by atoms with Gasteiger partial charge in [0.25, 0.3) is 5.91 Å². The zero-order chi connectivity index (χ0) is 20.4. The monoisotopic (exact) mass is 392 g/mol. The van der Waals surface area contributed by atoms with Crippen LogP contribution in [0.15, 0.2) is 65.1 Å². The van der Waals surface area contributed by atoms with E-state index in [1.807, 2.05) is 0 Å².